The Labute approximate surface area is 235 Å². The number of aromatic nitrogens is 2. The molecule has 2 N–H and O–H groups in total. The van der Waals surface area contributed by atoms with Crippen LogP contribution in [0.3, 0.4) is 0 Å². The number of benzene rings is 1. The maximum absolute atomic E-state index is 14.9. The second kappa shape index (κ2) is 8.75. The minimum Gasteiger partial charge on any atom is -0.458 e. The molecule has 1 amide bonds. The van der Waals surface area contributed by atoms with Crippen molar-refractivity contribution < 1.29 is 37.0 Å². The molecule has 6 rings (SSSR count). The minimum atomic E-state index is -4.82. The first kappa shape index (κ1) is 27.6. The van der Waals surface area contributed by atoms with Gasteiger partial charge in [-0.3, -0.25) is 9.59 Å². The number of rotatable bonds is 3. The fourth-order valence-electron chi connectivity index (χ4n) is 5.97. The summed E-state index contributed by atoms with van der Waals surface area (Å²) in [6.45, 7) is 2.74. The van der Waals surface area contributed by atoms with Crippen molar-refractivity contribution in [3.63, 3.8) is 0 Å². The van der Waals surface area contributed by atoms with Crippen LogP contribution in [-0.4, -0.2) is 32.7 Å². The molecule has 216 valence electrons. The van der Waals surface area contributed by atoms with E-state index in [1.54, 1.807) is 6.92 Å². The van der Waals surface area contributed by atoms with Gasteiger partial charge in [-0.1, -0.05) is 18.5 Å². The summed E-state index contributed by atoms with van der Waals surface area (Å²) in [5.74, 6) is -2.87. The Kier molecular flexibility index (Phi) is 5.90. The number of hydrogen-bond acceptors (Lipinski definition) is 6. The van der Waals surface area contributed by atoms with Crippen LogP contribution < -0.4 is 10.9 Å². The predicted octanol–water partition coefficient (Wildman–Crippen LogP) is 4.56. The van der Waals surface area contributed by atoms with Crippen molar-refractivity contribution in [1.82, 2.24) is 14.9 Å². The highest BCUT2D eigenvalue weighted by Crippen LogP contribution is 2.47. The average molecular weight is 594 g/mol. The minimum absolute atomic E-state index is 0.0585. The number of nitrogens with one attached hydrogen (secondary N) is 1. The molecule has 1 aliphatic carbocycles. The number of carbonyl (C=O) groups is 2. The number of fused-ring (bicyclic) bond motifs is 5. The van der Waals surface area contributed by atoms with Gasteiger partial charge in [0.2, 0.25) is 5.91 Å². The summed E-state index contributed by atoms with van der Waals surface area (Å²) in [6.07, 6.45) is -4.59. The first-order chi connectivity index (χ1) is 19.1. The number of pyridine rings is 2. The monoisotopic (exact) mass is 593 g/mol. The Bertz CT molecular complexity index is 1770. The summed E-state index contributed by atoms with van der Waals surface area (Å²) in [6, 6.07) is 1.66. The molecule has 41 heavy (non-hydrogen) atoms. The molecule has 2 aromatic heterocycles. The molecule has 1 aromatic carbocycles. The fraction of sp³-hybridized carbons (Fsp3) is 0.429. The largest absolute Gasteiger partial charge is 0.458 e. The van der Waals surface area contributed by atoms with Gasteiger partial charge in [0.1, 0.15) is 17.8 Å². The number of cyclic esters (lactones) is 1. The lowest BCUT2D eigenvalue weighted by Gasteiger charge is -2.33. The number of esters is 1. The van der Waals surface area contributed by atoms with Crippen LogP contribution in [0.5, 0.6) is 0 Å². The van der Waals surface area contributed by atoms with Gasteiger partial charge < -0.3 is 19.7 Å². The van der Waals surface area contributed by atoms with Crippen LogP contribution >= 0.6 is 11.6 Å². The van der Waals surface area contributed by atoms with Crippen LogP contribution in [0.4, 0.5) is 17.6 Å². The van der Waals surface area contributed by atoms with Gasteiger partial charge in [-0.05, 0) is 50.3 Å². The zero-order chi connectivity index (χ0) is 29.8. The second-order valence-corrected chi connectivity index (χ2v) is 11.6. The van der Waals surface area contributed by atoms with Crippen molar-refractivity contribution in [2.24, 2.45) is 5.41 Å². The van der Waals surface area contributed by atoms with Crippen LogP contribution in [0.15, 0.2) is 16.9 Å². The van der Waals surface area contributed by atoms with E-state index in [1.165, 1.54) is 10.6 Å². The lowest BCUT2D eigenvalue weighted by atomic mass is 9.82. The SMILES string of the molecule is CC[C@@]1(O)C(=O)OCc2c1cc1n(c2=O)Cc2c-1nc1cc(F)c(Cl)c3c1c2[C@@H](NC(=O)C(C)(C)C(F)(F)F)CC3. The van der Waals surface area contributed by atoms with Gasteiger partial charge in [-0.2, -0.15) is 13.2 Å². The molecule has 8 nitrogen and oxygen atoms in total. The zero-order valence-electron chi connectivity index (χ0n) is 22.1. The Hall–Kier alpha value is -3.51. The molecular formula is C28H24ClF4N3O5. The van der Waals surface area contributed by atoms with E-state index in [-0.39, 0.29) is 65.5 Å². The molecule has 2 aliphatic heterocycles. The predicted molar refractivity (Wildman–Crippen MR) is 139 cm³/mol. The van der Waals surface area contributed by atoms with Crippen LogP contribution in [-0.2, 0) is 39.5 Å². The van der Waals surface area contributed by atoms with Crippen molar-refractivity contribution in [3.8, 4) is 11.4 Å². The van der Waals surface area contributed by atoms with Gasteiger partial charge in [0.05, 0.1) is 40.1 Å². The smallest absolute Gasteiger partial charge is 0.402 e. The van der Waals surface area contributed by atoms with Crippen molar-refractivity contribution in [2.75, 3.05) is 0 Å². The number of halogens is 5. The molecule has 0 bridgehead atoms. The molecule has 4 heterocycles. The van der Waals surface area contributed by atoms with E-state index >= 15 is 0 Å². The third-order valence-corrected chi connectivity index (χ3v) is 9.03. The van der Waals surface area contributed by atoms with Gasteiger partial charge in [0, 0.05) is 22.6 Å². The van der Waals surface area contributed by atoms with E-state index in [1.807, 2.05) is 0 Å². The summed E-state index contributed by atoms with van der Waals surface area (Å²) < 4.78 is 62.4. The van der Waals surface area contributed by atoms with Crippen molar-refractivity contribution >= 4 is 34.4 Å². The first-order valence-corrected chi connectivity index (χ1v) is 13.4. The summed E-state index contributed by atoms with van der Waals surface area (Å²) in [5.41, 5.74) is -3.25. The fourth-order valence-corrected chi connectivity index (χ4v) is 6.21. The van der Waals surface area contributed by atoms with Crippen molar-refractivity contribution in [2.45, 2.75) is 71.0 Å². The third kappa shape index (κ3) is 3.69. The number of nitrogens with zero attached hydrogens (tertiary/aromatic N) is 2. The maximum atomic E-state index is 14.9. The summed E-state index contributed by atoms with van der Waals surface area (Å²) in [5, 5.41) is 13.9. The molecule has 3 aliphatic rings. The Balaban J connectivity index is 1.60. The van der Waals surface area contributed by atoms with E-state index in [4.69, 9.17) is 16.3 Å². The standard InChI is InChI=1S/C28H24ClF4N3O5/c1-4-27(40)14-7-18-22-12(9-36(18)23(37)13(14)10-41-25(27)39)20-16(35-24(38)26(2,3)28(31,32)33)6-5-11-19(20)17(34-22)8-15(30)21(11)29/h7-8,16,40H,4-6,9-10H2,1-3H3,(H,35,38)/t16-,27-/m0/s1. The normalized spacial score (nSPS) is 21.3. The summed E-state index contributed by atoms with van der Waals surface area (Å²) >= 11 is 6.31. The van der Waals surface area contributed by atoms with Gasteiger partial charge >= 0.3 is 12.1 Å². The van der Waals surface area contributed by atoms with E-state index in [0.717, 1.165) is 19.9 Å². The Morgan fingerprint density at radius 1 is 1.24 bits per heavy atom. The number of aryl methyl sites for hydroxylation is 1. The van der Waals surface area contributed by atoms with Crippen LogP contribution in [0.1, 0.15) is 67.5 Å². The lowest BCUT2D eigenvalue weighted by Crippen LogP contribution is -2.48. The second-order valence-electron chi connectivity index (χ2n) is 11.2. The number of aliphatic hydroxyl groups is 1. The highest BCUT2D eigenvalue weighted by molar-refractivity contribution is 6.32. The van der Waals surface area contributed by atoms with E-state index < -0.39 is 46.5 Å². The molecule has 0 saturated carbocycles. The van der Waals surface area contributed by atoms with Crippen LogP contribution in [0, 0.1) is 11.2 Å². The van der Waals surface area contributed by atoms with Gasteiger partial charge in [-0.25, -0.2) is 14.2 Å². The van der Waals surface area contributed by atoms with E-state index in [9.17, 15) is 37.1 Å². The maximum Gasteiger partial charge on any atom is 0.402 e. The quantitative estimate of drug-likeness (QED) is 0.266. The van der Waals surface area contributed by atoms with Crippen molar-refractivity contribution in [1.29, 1.82) is 0 Å². The third-order valence-electron chi connectivity index (χ3n) is 8.62. The molecule has 0 fully saturated rings. The zero-order valence-corrected chi connectivity index (χ0v) is 22.9. The topological polar surface area (TPSA) is 111 Å². The molecule has 0 spiro atoms. The molecule has 2 atom stereocenters. The molecular weight excluding hydrogens is 570 g/mol. The number of hydrogen-bond donors (Lipinski definition) is 2. The van der Waals surface area contributed by atoms with Crippen molar-refractivity contribution in [3.05, 3.63) is 61.1 Å². The van der Waals surface area contributed by atoms with E-state index in [2.05, 4.69) is 10.3 Å². The molecule has 0 unspecified atom stereocenters. The number of ether oxygens (including phenoxy) is 1. The molecule has 3 aromatic rings. The van der Waals surface area contributed by atoms with Gasteiger partial charge in [-0.15, -0.1) is 0 Å². The van der Waals surface area contributed by atoms with Gasteiger partial charge in [0.25, 0.3) is 5.56 Å². The van der Waals surface area contributed by atoms with Crippen LogP contribution in [0.25, 0.3) is 22.3 Å². The highest BCUT2D eigenvalue weighted by atomic mass is 35.5. The Morgan fingerprint density at radius 2 is 1.95 bits per heavy atom. The molecule has 0 radical (unpaired) electrons. The van der Waals surface area contributed by atoms with E-state index in [0.29, 0.717) is 22.1 Å². The summed E-state index contributed by atoms with van der Waals surface area (Å²) in [4.78, 5) is 43.7. The first-order valence-electron chi connectivity index (χ1n) is 13.0. The number of amides is 1. The number of alkyl halides is 3. The average Bonchev–Trinajstić information content (AvgIpc) is 3.28. The lowest BCUT2D eigenvalue weighted by molar-refractivity contribution is -0.211. The van der Waals surface area contributed by atoms with Crippen LogP contribution in [0.2, 0.25) is 5.02 Å². The highest BCUT2D eigenvalue weighted by Gasteiger charge is 2.53. The summed E-state index contributed by atoms with van der Waals surface area (Å²) in [7, 11) is 0. The van der Waals surface area contributed by atoms with Gasteiger partial charge in [0.15, 0.2) is 5.60 Å². The Morgan fingerprint density at radius 3 is 2.61 bits per heavy atom. The molecule has 13 heteroatoms. The number of carbonyl (C=O) groups excluding carboxylic acids is 2. The molecule has 0 saturated heterocycles.